The standard InChI is InChI=1S/C13H17NO4/c15-11-8-3-1-2-6-7(13(17)18)4-5-9(10(6)8)12(16)14-11/h6-10H,1-5H2,(H,17,18)(H,14,15,16). The van der Waals surface area contributed by atoms with Gasteiger partial charge < -0.3 is 5.11 Å². The van der Waals surface area contributed by atoms with Gasteiger partial charge in [-0.2, -0.15) is 0 Å². The van der Waals surface area contributed by atoms with Crippen LogP contribution in [0.2, 0.25) is 0 Å². The van der Waals surface area contributed by atoms with Crippen molar-refractivity contribution in [2.45, 2.75) is 32.1 Å². The Labute approximate surface area is 105 Å². The predicted molar refractivity (Wildman–Crippen MR) is 61.3 cm³/mol. The van der Waals surface area contributed by atoms with Crippen molar-refractivity contribution in [2.24, 2.45) is 29.6 Å². The van der Waals surface area contributed by atoms with Gasteiger partial charge in [0.1, 0.15) is 0 Å². The van der Waals surface area contributed by atoms with Crippen LogP contribution in [-0.4, -0.2) is 22.9 Å². The Balaban J connectivity index is 1.95. The molecule has 1 heterocycles. The fraction of sp³-hybridized carbons (Fsp3) is 0.769. The number of piperidine rings is 1. The van der Waals surface area contributed by atoms with Gasteiger partial charge in [0.05, 0.1) is 5.92 Å². The second kappa shape index (κ2) is 4.07. The molecule has 1 aliphatic heterocycles. The molecule has 5 nitrogen and oxygen atoms in total. The Kier molecular flexibility index (Phi) is 2.64. The molecule has 0 aromatic heterocycles. The molecule has 3 aliphatic rings. The van der Waals surface area contributed by atoms with Crippen LogP contribution in [0.1, 0.15) is 32.1 Å². The maximum atomic E-state index is 11.9. The molecular formula is C13H17NO4. The molecule has 5 heteroatoms. The van der Waals surface area contributed by atoms with Crippen molar-refractivity contribution >= 4 is 17.8 Å². The normalized spacial score (nSPS) is 43.0. The Morgan fingerprint density at radius 3 is 2.39 bits per heavy atom. The lowest BCUT2D eigenvalue weighted by Gasteiger charge is -2.49. The van der Waals surface area contributed by atoms with Crippen LogP contribution in [0.25, 0.3) is 0 Å². The summed E-state index contributed by atoms with van der Waals surface area (Å²) in [6.45, 7) is 0. The quantitative estimate of drug-likeness (QED) is 0.675. The fourth-order valence-electron chi connectivity index (χ4n) is 4.30. The van der Waals surface area contributed by atoms with Crippen molar-refractivity contribution in [1.29, 1.82) is 0 Å². The monoisotopic (exact) mass is 251 g/mol. The summed E-state index contributed by atoms with van der Waals surface area (Å²) in [5, 5.41) is 11.7. The summed E-state index contributed by atoms with van der Waals surface area (Å²) < 4.78 is 0. The molecule has 2 aliphatic carbocycles. The van der Waals surface area contributed by atoms with Crippen LogP contribution in [0.15, 0.2) is 0 Å². The summed E-state index contributed by atoms with van der Waals surface area (Å²) in [5.74, 6) is -1.81. The number of carbonyl (C=O) groups is 3. The van der Waals surface area contributed by atoms with E-state index in [1.54, 1.807) is 0 Å². The highest BCUT2D eigenvalue weighted by Gasteiger charge is 2.54. The first-order chi connectivity index (χ1) is 8.59. The van der Waals surface area contributed by atoms with E-state index in [0.717, 1.165) is 19.3 Å². The first kappa shape index (κ1) is 11.7. The first-order valence-electron chi connectivity index (χ1n) is 6.67. The summed E-state index contributed by atoms with van der Waals surface area (Å²) in [4.78, 5) is 35.0. The zero-order valence-corrected chi connectivity index (χ0v) is 10.1. The lowest BCUT2D eigenvalue weighted by molar-refractivity contribution is -0.160. The van der Waals surface area contributed by atoms with Gasteiger partial charge in [0, 0.05) is 11.8 Å². The van der Waals surface area contributed by atoms with Crippen LogP contribution >= 0.6 is 0 Å². The largest absolute Gasteiger partial charge is 0.481 e. The number of amides is 2. The molecule has 18 heavy (non-hydrogen) atoms. The van der Waals surface area contributed by atoms with Gasteiger partial charge in [0.25, 0.3) is 0 Å². The second-order valence-electron chi connectivity index (χ2n) is 5.76. The third-order valence-corrected chi connectivity index (χ3v) is 5.02. The van der Waals surface area contributed by atoms with Crippen LogP contribution in [0, 0.1) is 29.6 Å². The minimum absolute atomic E-state index is 0.00926. The van der Waals surface area contributed by atoms with Crippen molar-refractivity contribution in [1.82, 2.24) is 5.32 Å². The van der Waals surface area contributed by atoms with Crippen molar-refractivity contribution in [3.05, 3.63) is 0 Å². The summed E-state index contributed by atoms with van der Waals surface area (Å²) >= 11 is 0. The lowest BCUT2D eigenvalue weighted by atomic mass is 9.55. The van der Waals surface area contributed by atoms with Gasteiger partial charge in [-0.3, -0.25) is 19.7 Å². The SMILES string of the molecule is O=C(O)C1CCC2C(=O)NC(=O)C3CCCC1C32. The number of nitrogens with one attached hydrogen (secondary N) is 1. The van der Waals surface area contributed by atoms with E-state index in [2.05, 4.69) is 5.32 Å². The van der Waals surface area contributed by atoms with Gasteiger partial charge in [-0.15, -0.1) is 0 Å². The number of hydrogen-bond donors (Lipinski definition) is 2. The Hall–Kier alpha value is -1.39. The third kappa shape index (κ3) is 1.56. The predicted octanol–water partition coefficient (Wildman–Crippen LogP) is 0.786. The molecule has 5 unspecified atom stereocenters. The zero-order valence-electron chi connectivity index (χ0n) is 10.1. The summed E-state index contributed by atoms with van der Waals surface area (Å²) in [5.41, 5.74) is 0. The molecule has 3 rings (SSSR count). The Morgan fingerprint density at radius 1 is 1.06 bits per heavy atom. The van der Waals surface area contributed by atoms with E-state index in [-0.39, 0.29) is 41.4 Å². The molecule has 5 atom stereocenters. The van der Waals surface area contributed by atoms with Gasteiger partial charge in [0.2, 0.25) is 11.8 Å². The number of carboxylic acid groups (broad SMARTS) is 1. The highest BCUT2D eigenvalue weighted by atomic mass is 16.4. The smallest absolute Gasteiger partial charge is 0.306 e. The van der Waals surface area contributed by atoms with Crippen LogP contribution in [0.4, 0.5) is 0 Å². The number of hydrogen-bond acceptors (Lipinski definition) is 3. The topological polar surface area (TPSA) is 83.5 Å². The maximum absolute atomic E-state index is 11.9. The number of carbonyl (C=O) groups excluding carboxylic acids is 2. The van der Waals surface area contributed by atoms with Crippen LogP contribution < -0.4 is 5.32 Å². The van der Waals surface area contributed by atoms with Crippen LogP contribution in [-0.2, 0) is 14.4 Å². The highest BCUT2D eigenvalue weighted by molar-refractivity contribution is 6.00. The minimum atomic E-state index is -0.766. The van der Waals surface area contributed by atoms with E-state index in [9.17, 15) is 19.5 Å². The average Bonchev–Trinajstić information content (AvgIpc) is 2.34. The molecule has 2 amide bonds. The van der Waals surface area contributed by atoms with Gasteiger partial charge in [-0.05, 0) is 37.5 Å². The fourth-order valence-corrected chi connectivity index (χ4v) is 4.30. The van der Waals surface area contributed by atoms with E-state index < -0.39 is 5.97 Å². The van der Waals surface area contributed by atoms with Gasteiger partial charge in [-0.25, -0.2) is 0 Å². The molecule has 0 aromatic rings. The maximum Gasteiger partial charge on any atom is 0.306 e. The second-order valence-corrected chi connectivity index (χ2v) is 5.76. The number of carboxylic acids is 1. The van der Waals surface area contributed by atoms with Gasteiger partial charge >= 0.3 is 5.97 Å². The van der Waals surface area contributed by atoms with Gasteiger partial charge in [0.15, 0.2) is 0 Å². The molecule has 0 radical (unpaired) electrons. The number of rotatable bonds is 1. The van der Waals surface area contributed by atoms with Crippen molar-refractivity contribution in [3.8, 4) is 0 Å². The summed E-state index contributed by atoms with van der Waals surface area (Å²) in [6.07, 6.45) is 3.70. The average molecular weight is 251 g/mol. The summed E-state index contributed by atoms with van der Waals surface area (Å²) in [7, 11) is 0. The lowest BCUT2D eigenvalue weighted by Crippen LogP contribution is -2.58. The van der Waals surface area contributed by atoms with Crippen molar-refractivity contribution in [3.63, 3.8) is 0 Å². The van der Waals surface area contributed by atoms with E-state index in [1.807, 2.05) is 0 Å². The zero-order chi connectivity index (χ0) is 12.9. The minimum Gasteiger partial charge on any atom is -0.481 e. The Morgan fingerprint density at radius 2 is 1.72 bits per heavy atom. The van der Waals surface area contributed by atoms with Crippen molar-refractivity contribution < 1.29 is 19.5 Å². The van der Waals surface area contributed by atoms with E-state index in [1.165, 1.54) is 0 Å². The molecule has 0 aromatic carbocycles. The molecule has 98 valence electrons. The molecule has 3 fully saturated rings. The number of imide groups is 1. The van der Waals surface area contributed by atoms with E-state index in [0.29, 0.717) is 12.8 Å². The third-order valence-electron chi connectivity index (χ3n) is 5.02. The molecular weight excluding hydrogens is 234 g/mol. The van der Waals surface area contributed by atoms with E-state index in [4.69, 9.17) is 0 Å². The highest BCUT2D eigenvalue weighted by Crippen LogP contribution is 2.51. The van der Waals surface area contributed by atoms with Crippen LogP contribution in [0.3, 0.4) is 0 Å². The molecule has 2 N–H and O–H groups in total. The van der Waals surface area contributed by atoms with Crippen molar-refractivity contribution in [2.75, 3.05) is 0 Å². The Bertz CT molecular complexity index is 403. The molecule has 2 saturated carbocycles. The molecule has 0 spiro atoms. The van der Waals surface area contributed by atoms with Crippen LogP contribution in [0.5, 0.6) is 0 Å². The first-order valence-corrected chi connectivity index (χ1v) is 6.67. The summed E-state index contributed by atoms with van der Waals surface area (Å²) in [6, 6.07) is 0. The molecule has 0 bridgehead atoms. The van der Waals surface area contributed by atoms with E-state index >= 15 is 0 Å². The molecule has 1 saturated heterocycles. The number of aliphatic carboxylic acids is 1. The van der Waals surface area contributed by atoms with Gasteiger partial charge in [-0.1, -0.05) is 6.42 Å².